The molecule has 1 aliphatic heterocycles. The number of thiazole rings is 1. The quantitative estimate of drug-likeness (QED) is 0.716. The van der Waals surface area contributed by atoms with E-state index in [4.69, 9.17) is 0 Å². The lowest BCUT2D eigenvalue weighted by molar-refractivity contribution is 0.0956. The Morgan fingerprint density at radius 1 is 1.31 bits per heavy atom. The minimum Gasteiger partial charge on any atom is -0.351 e. The molecular formula is C18H27N5O2S. The van der Waals surface area contributed by atoms with E-state index in [-0.39, 0.29) is 11.6 Å². The van der Waals surface area contributed by atoms with E-state index >= 15 is 0 Å². The Labute approximate surface area is 157 Å². The second-order valence-corrected chi connectivity index (χ2v) is 7.85. The normalized spacial score (nSPS) is 13.6. The highest BCUT2D eigenvalue weighted by Gasteiger charge is 2.17. The van der Waals surface area contributed by atoms with Gasteiger partial charge in [0.1, 0.15) is 10.7 Å². The monoisotopic (exact) mass is 377 g/mol. The van der Waals surface area contributed by atoms with Crippen LogP contribution in [0.2, 0.25) is 0 Å². The van der Waals surface area contributed by atoms with Gasteiger partial charge in [-0.2, -0.15) is 5.10 Å². The van der Waals surface area contributed by atoms with Gasteiger partial charge in [-0.25, -0.2) is 14.5 Å². The highest BCUT2D eigenvalue weighted by atomic mass is 32.1. The van der Waals surface area contributed by atoms with Crippen LogP contribution in [0.25, 0.3) is 0 Å². The van der Waals surface area contributed by atoms with E-state index in [1.807, 2.05) is 6.92 Å². The van der Waals surface area contributed by atoms with Crippen LogP contribution in [-0.2, 0) is 25.9 Å². The number of nitrogens with zero attached hydrogens (tertiary/aromatic N) is 4. The molecule has 2 aromatic heterocycles. The number of aryl methyl sites for hydroxylation is 4. The van der Waals surface area contributed by atoms with Crippen molar-refractivity contribution in [3.05, 3.63) is 31.9 Å². The number of hydrogen-bond donors (Lipinski definition) is 1. The molecule has 0 fully saturated rings. The third-order valence-electron chi connectivity index (χ3n) is 4.66. The van der Waals surface area contributed by atoms with Crippen LogP contribution in [0.1, 0.15) is 65.2 Å². The minimum atomic E-state index is -0.0702. The van der Waals surface area contributed by atoms with Gasteiger partial charge in [-0.15, -0.1) is 11.3 Å². The maximum absolute atomic E-state index is 12.4. The van der Waals surface area contributed by atoms with Gasteiger partial charge in [-0.05, 0) is 39.0 Å². The summed E-state index contributed by atoms with van der Waals surface area (Å²) in [6.45, 7) is 5.86. The number of carbonyl (C=O) groups excluding carboxylic acids is 1. The Hall–Kier alpha value is -1.96. The van der Waals surface area contributed by atoms with Gasteiger partial charge in [-0.3, -0.25) is 9.36 Å². The number of hydrogen-bond acceptors (Lipinski definition) is 5. The topological polar surface area (TPSA) is 81.8 Å². The van der Waals surface area contributed by atoms with Crippen molar-refractivity contribution in [2.75, 3.05) is 6.54 Å². The first-order chi connectivity index (χ1) is 12.6. The van der Waals surface area contributed by atoms with Gasteiger partial charge in [0, 0.05) is 26.1 Å². The van der Waals surface area contributed by atoms with E-state index in [9.17, 15) is 9.59 Å². The summed E-state index contributed by atoms with van der Waals surface area (Å²) in [5, 5.41) is 8.39. The molecule has 2 aromatic rings. The Kier molecular flexibility index (Phi) is 6.24. The van der Waals surface area contributed by atoms with Gasteiger partial charge in [0.2, 0.25) is 0 Å². The van der Waals surface area contributed by atoms with Gasteiger partial charge in [0.15, 0.2) is 0 Å². The van der Waals surface area contributed by atoms with Crippen molar-refractivity contribution in [1.82, 2.24) is 24.6 Å². The lowest BCUT2D eigenvalue weighted by atomic mass is 10.2. The molecule has 0 spiro atoms. The standard InChI is InChI=1S/C18H27N5O2S/c1-3-4-9-15-20-13(2)16(26-15)17(24)19-10-7-12-23-18(25)22-11-6-5-8-14(22)21-23/h3-12H2,1-2H3,(H,19,24). The van der Waals surface area contributed by atoms with Gasteiger partial charge in [-0.1, -0.05) is 13.3 Å². The Morgan fingerprint density at radius 3 is 2.92 bits per heavy atom. The van der Waals surface area contributed by atoms with Gasteiger partial charge < -0.3 is 5.32 Å². The van der Waals surface area contributed by atoms with Crippen molar-refractivity contribution < 1.29 is 4.79 Å². The van der Waals surface area contributed by atoms with Crippen molar-refractivity contribution in [1.29, 1.82) is 0 Å². The molecule has 0 aromatic carbocycles. The van der Waals surface area contributed by atoms with Crippen LogP contribution in [0.5, 0.6) is 0 Å². The first-order valence-electron chi connectivity index (χ1n) is 9.51. The fraction of sp³-hybridized carbons (Fsp3) is 0.667. The average molecular weight is 378 g/mol. The largest absolute Gasteiger partial charge is 0.351 e. The number of amides is 1. The molecule has 0 saturated carbocycles. The Bertz CT molecular complexity index is 820. The number of rotatable bonds is 8. The van der Waals surface area contributed by atoms with Crippen molar-refractivity contribution in [3.63, 3.8) is 0 Å². The summed E-state index contributed by atoms with van der Waals surface area (Å²) < 4.78 is 3.31. The zero-order valence-corrected chi connectivity index (χ0v) is 16.4. The fourth-order valence-electron chi connectivity index (χ4n) is 3.20. The molecule has 142 valence electrons. The molecule has 0 radical (unpaired) electrons. The first-order valence-corrected chi connectivity index (χ1v) is 10.3. The van der Waals surface area contributed by atoms with Crippen molar-refractivity contribution in [2.45, 2.75) is 71.9 Å². The third-order valence-corrected chi connectivity index (χ3v) is 5.87. The summed E-state index contributed by atoms with van der Waals surface area (Å²) in [7, 11) is 0. The van der Waals surface area contributed by atoms with Crippen LogP contribution in [0.4, 0.5) is 0 Å². The molecule has 3 rings (SSSR count). The predicted octanol–water partition coefficient (Wildman–Crippen LogP) is 2.31. The molecule has 1 aliphatic rings. The van der Waals surface area contributed by atoms with Crippen LogP contribution < -0.4 is 11.0 Å². The second kappa shape index (κ2) is 8.62. The van der Waals surface area contributed by atoms with E-state index in [1.165, 1.54) is 16.0 Å². The van der Waals surface area contributed by atoms with Crippen LogP contribution in [0.3, 0.4) is 0 Å². The van der Waals surface area contributed by atoms with Crippen molar-refractivity contribution in [3.8, 4) is 0 Å². The van der Waals surface area contributed by atoms with E-state index in [0.29, 0.717) is 24.4 Å². The number of unbranched alkanes of at least 4 members (excludes halogenated alkanes) is 1. The molecule has 1 N–H and O–H groups in total. The Balaban J connectivity index is 1.49. The number of carbonyl (C=O) groups is 1. The average Bonchev–Trinajstić information content (AvgIpc) is 3.17. The SMILES string of the molecule is CCCCc1nc(C)c(C(=O)NCCCn2nc3n(c2=O)CCCC3)s1. The molecular weight excluding hydrogens is 350 g/mol. The maximum atomic E-state index is 12.4. The molecule has 26 heavy (non-hydrogen) atoms. The second-order valence-electron chi connectivity index (χ2n) is 6.77. The molecule has 8 heteroatoms. The molecule has 0 saturated heterocycles. The highest BCUT2D eigenvalue weighted by molar-refractivity contribution is 7.13. The summed E-state index contributed by atoms with van der Waals surface area (Å²) in [4.78, 5) is 29.8. The maximum Gasteiger partial charge on any atom is 0.345 e. The van der Waals surface area contributed by atoms with Crippen LogP contribution in [0.15, 0.2) is 4.79 Å². The van der Waals surface area contributed by atoms with Gasteiger partial charge in [0.05, 0.1) is 10.7 Å². The molecule has 0 atom stereocenters. The summed E-state index contributed by atoms with van der Waals surface area (Å²) in [5.74, 6) is 0.824. The highest BCUT2D eigenvalue weighted by Crippen LogP contribution is 2.19. The van der Waals surface area contributed by atoms with Crippen LogP contribution in [-0.4, -0.2) is 31.8 Å². The number of nitrogens with one attached hydrogen (secondary N) is 1. The van der Waals surface area contributed by atoms with Gasteiger partial charge in [0.25, 0.3) is 5.91 Å². The molecule has 3 heterocycles. The summed E-state index contributed by atoms with van der Waals surface area (Å²) in [6.07, 6.45) is 6.86. The first kappa shape index (κ1) is 18.8. The molecule has 7 nitrogen and oxygen atoms in total. The fourth-order valence-corrected chi connectivity index (χ4v) is 4.23. The smallest absolute Gasteiger partial charge is 0.345 e. The van der Waals surface area contributed by atoms with Crippen LogP contribution >= 0.6 is 11.3 Å². The van der Waals surface area contributed by atoms with Gasteiger partial charge >= 0.3 is 5.69 Å². The zero-order chi connectivity index (χ0) is 18.5. The zero-order valence-electron chi connectivity index (χ0n) is 15.6. The Morgan fingerprint density at radius 2 is 2.15 bits per heavy atom. The lowest BCUT2D eigenvalue weighted by Crippen LogP contribution is -2.29. The molecule has 1 amide bonds. The van der Waals surface area contributed by atoms with E-state index in [2.05, 4.69) is 22.3 Å². The van der Waals surface area contributed by atoms with Crippen molar-refractivity contribution in [2.24, 2.45) is 0 Å². The van der Waals surface area contributed by atoms with Crippen molar-refractivity contribution >= 4 is 17.2 Å². The summed E-state index contributed by atoms with van der Waals surface area (Å²) >= 11 is 1.49. The van der Waals surface area contributed by atoms with E-state index in [0.717, 1.165) is 61.6 Å². The summed E-state index contributed by atoms with van der Waals surface area (Å²) in [5.41, 5.74) is 0.779. The third kappa shape index (κ3) is 4.23. The van der Waals surface area contributed by atoms with Crippen LogP contribution in [0, 0.1) is 6.92 Å². The lowest BCUT2D eigenvalue weighted by Gasteiger charge is -2.09. The molecule has 0 unspecified atom stereocenters. The number of aromatic nitrogens is 4. The predicted molar refractivity (Wildman–Crippen MR) is 102 cm³/mol. The van der Waals surface area contributed by atoms with E-state index in [1.54, 1.807) is 4.57 Å². The molecule has 0 bridgehead atoms. The minimum absolute atomic E-state index is 0.0232. The molecule has 0 aliphatic carbocycles. The summed E-state index contributed by atoms with van der Waals surface area (Å²) in [6, 6.07) is 0. The van der Waals surface area contributed by atoms with E-state index < -0.39 is 0 Å². The number of fused-ring (bicyclic) bond motifs is 1.